The molecule has 0 aliphatic carbocycles. The highest BCUT2D eigenvalue weighted by atomic mass is 16.6. The minimum absolute atomic E-state index is 0.0562. The van der Waals surface area contributed by atoms with Crippen molar-refractivity contribution in [1.82, 2.24) is 0 Å². The number of aliphatic imine (C=N–C) groups is 1. The summed E-state index contributed by atoms with van der Waals surface area (Å²) in [5.74, 6) is -0.155. The number of phenols is 1. The number of non-ortho nitro benzene ring substituents is 1. The zero-order valence-corrected chi connectivity index (χ0v) is 13.8. The van der Waals surface area contributed by atoms with Crippen LogP contribution < -0.4 is 5.32 Å². The zero-order chi connectivity index (χ0) is 18.2. The number of anilines is 1. The van der Waals surface area contributed by atoms with Gasteiger partial charge in [0.1, 0.15) is 5.75 Å². The molecule has 0 heterocycles. The molecule has 1 amide bonds. The predicted octanol–water partition coefficient (Wildman–Crippen LogP) is 4.18. The van der Waals surface area contributed by atoms with E-state index in [4.69, 9.17) is 0 Å². The molecular formula is C18H19N3O4. The summed E-state index contributed by atoms with van der Waals surface area (Å²) in [6.45, 7) is 2.02. The maximum absolute atomic E-state index is 11.8. The van der Waals surface area contributed by atoms with E-state index in [2.05, 4.69) is 10.3 Å². The summed E-state index contributed by atoms with van der Waals surface area (Å²) in [7, 11) is 0. The number of benzene rings is 2. The first kappa shape index (κ1) is 18.1. The summed E-state index contributed by atoms with van der Waals surface area (Å²) in [6, 6.07) is 10.6. The van der Waals surface area contributed by atoms with Gasteiger partial charge in [-0.3, -0.25) is 19.9 Å². The van der Waals surface area contributed by atoms with Crippen LogP contribution in [-0.2, 0) is 4.79 Å². The third kappa shape index (κ3) is 5.42. The Morgan fingerprint density at radius 1 is 1.32 bits per heavy atom. The molecule has 0 spiro atoms. The topological polar surface area (TPSA) is 105 Å². The molecule has 0 saturated carbocycles. The number of hydrogen-bond acceptors (Lipinski definition) is 5. The van der Waals surface area contributed by atoms with E-state index in [1.807, 2.05) is 6.92 Å². The second-order valence-electron chi connectivity index (χ2n) is 5.46. The van der Waals surface area contributed by atoms with Crippen molar-refractivity contribution in [1.29, 1.82) is 0 Å². The van der Waals surface area contributed by atoms with E-state index in [0.717, 1.165) is 12.8 Å². The molecule has 0 bridgehead atoms. The number of carbonyl (C=O) groups excluding carboxylic acids is 1. The van der Waals surface area contributed by atoms with Crippen molar-refractivity contribution in [2.45, 2.75) is 26.2 Å². The molecular weight excluding hydrogens is 322 g/mol. The van der Waals surface area contributed by atoms with Gasteiger partial charge in [0.2, 0.25) is 5.91 Å². The minimum Gasteiger partial charge on any atom is -0.507 e. The van der Waals surface area contributed by atoms with E-state index in [9.17, 15) is 20.0 Å². The minimum atomic E-state index is -0.538. The largest absolute Gasteiger partial charge is 0.507 e. The molecule has 25 heavy (non-hydrogen) atoms. The van der Waals surface area contributed by atoms with Gasteiger partial charge in [-0.05, 0) is 30.7 Å². The number of nitrogens with zero attached hydrogens (tertiary/aromatic N) is 2. The van der Waals surface area contributed by atoms with Crippen LogP contribution in [0.2, 0.25) is 0 Å². The average Bonchev–Trinajstić information content (AvgIpc) is 2.59. The van der Waals surface area contributed by atoms with Crippen LogP contribution in [0.4, 0.5) is 17.1 Å². The molecule has 7 nitrogen and oxygen atoms in total. The fourth-order valence-electron chi connectivity index (χ4n) is 2.13. The zero-order valence-electron chi connectivity index (χ0n) is 13.8. The second kappa shape index (κ2) is 8.58. The highest BCUT2D eigenvalue weighted by Gasteiger charge is 2.08. The smallest absolute Gasteiger partial charge is 0.270 e. The third-order valence-corrected chi connectivity index (χ3v) is 3.46. The van der Waals surface area contributed by atoms with E-state index in [-0.39, 0.29) is 22.9 Å². The summed E-state index contributed by atoms with van der Waals surface area (Å²) in [5.41, 5.74) is 1.29. The molecule has 0 atom stereocenters. The van der Waals surface area contributed by atoms with Crippen LogP contribution in [0.1, 0.15) is 31.7 Å². The monoisotopic (exact) mass is 341 g/mol. The van der Waals surface area contributed by atoms with Gasteiger partial charge in [-0.25, -0.2) is 0 Å². The molecule has 0 unspecified atom stereocenters. The number of hydrogen-bond donors (Lipinski definition) is 2. The number of amides is 1. The number of nitro groups is 1. The van der Waals surface area contributed by atoms with Gasteiger partial charge in [-0.1, -0.05) is 19.4 Å². The van der Waals surface area contributed by atoms with E-state index < -0.39 is 4.92 Å². The van der Waals surface area contributed by atoms with Crippen LogP contribution in [0.15, 0.2) is 47.5 Å². The summed E-state index contributed by atoms with van der Waals surface area (Å²) in [4.78, 5) is 26.2. The van der Waals surface area contributed by atoms with Gasteiger partial charge in [-0.2, -0.15) is 0 Å². The predicted molar refractivity (Wildman–Crippen MR) is 96.6 cm³/mol. The van der Waals surface area contributed by atoms with Gasteiger partial charge in [0, 0.05) is 36.0 Å². The van der Waals surface area contributed by atoms with Crippen LogP contribution >= 0.6 is 0 Å². The van der Waals surface area contributed by atoms with E-state index >= 15 is 0 Å². The second-order valence-corrected chi connectivity index (χ2v) is 5.46. The lowest BCUT2D eigenvalue weighted by Gasteiger charge is -2.05. The van der Waals surface area contributed by atoms with Crippen molar-refractivity contribution in [3.05, 3.63) is 58.1 Å². The van der Waals surface area contributed by atoms with Crippen molar-refractivity contribution in [2.24, 2.45) is 4.99 Å². The Hall–Kier alpha value is -3.22. The van der Waals surface area contributed by atoms with Crippen LogP contribution in [0.5, 0.6) is 5.75 Å². The Labute approximate surface area is 145 Å². The Bertz CT molecular complexity index is 803. The average molecular weight is 341 g/mol. The summed E-state index contributed by atoms with van der Waals surface area (Å²) >= 11 is 0. The van der Waals surface area contributed by atoms with Crippen LogP contribution in [-0.4, -0.2) is 22.2 Å². The number of aromatic hydroxyl groups is 1. The lowest BCUT2D eigenvalue weighted by molar-refractivity contribution is -0.384. The Kier molecular flexibility index (Phi) is 6.22. The Morgan fingerprint density at radius 2 is 2.12 bits per heavy atom. The number of unbranched alkanes of at least 4 members (excludes halogenated alkanes) is 1. The molecule has 0 aromatic heterocycles. The molecule has 0 fully saturated rings. The third-order valence-electron chi connectivity index (χ3n) is 3.46. The van der Waals surface area contributed by atoms with Crippen LogP contribution in [0, 0.1) is 10.1 Å². The molecule has 0 aliphatic heterocycles. The normalized spacial score (nSPS) is 10.8. The lowest BCUT2D eigenvalue weighted by atomic mass is 10.2. The van der Waals surface area contributed by atoms with Gasteiger partial charge >= 0.3 is 0 Å². The van der Waals surface area contributed by atoms with Crippen LogP contribution in [0.25, 0.3) is 0 Å². The van der Waals surface area contributed by atoms with Gasteiger partial charge < -0.3 is 10.4 Å². The molecule has 2 rings (SSSR count). The molecule has 2 aromatic carbocycles. The quantitative estimate of drug-likeness (QED) is 0.448. The Morgan fingerprint density at radius 3 is 2.84 bits per heavy atom. The van der Waals surface area contributed by atoms with Gasteiger partial charge in [0.05, 0.1) is 10.6 Å². The molecule has 0 radical (unpaired) electrons. The molecule has 0 saturated heterocycles. The fourth-order valence-corrected chi connectivity index (χ4v) is 2.13. The molecule has 0 aliphatic rings. The summed E-state index contributed by atoms with van der Waals surface area (Å²) < 4.78 is 0. The van der Waals surface area contributed by atoms with Gasteiger partial charge in [-0.15, -0.1) is 0 Å². The first-order valence-corrected chi connectivity index (χ1v) is 7.91. The van der Waals surface area contributed by atoms with Crippen LogP contribution in [0.3, 0.4) is 0 Å². The van der Waals surface area contributed by atoms with Crippen molar-refractivity contribution in [3.8, 4) is 5.75 Å². The number of phenolic OH excluding ortho intramolecular Hbond substituents is 1. The summed E-state index contributed by atoms with van der Waals surface area (Å²) in [6.07, 6.45) is 3.59. The molecule has 7 heteroatoms. The van der Waals surface area contributed by atoms with Gasteiger partial charge in [0.15, 0.2) is 0 Å². The van der Waals surface area contributed by atoms with Crippen molar-refractivity contribution >= 4 is 29.2 Å². The molecule has 130 valence electrons. The first-order chi connectivity index (χ1) is 12.0. The maximum atomic E-state index is 11.8. The van der Waals surface area contributed by atoms with E-state index in [0.29, 0.717) is 17.8 Å². The standard InChI is InChI=1S/C18H19N3O4/c1-2-3-7-18(23)20-15-6-4-5-14(11-15)19-12-13-10-16(21(24)25)8-9-17(13)22/h4-6,8-12,22H,2-3,7H2,1H3,(H,20,23). The molecule has 2 aromatic rings. The lowest BCUT2D eigenvalue weighted by Crippen LogP contribution is -2.10. The number of nitrogens with one attached hydrogen (secondary N) is 1. The number of rotatable bonds is 7. The van der Waals surface area contributed by atoms with E-state index in [1.165, 1.54) is 24.4 Å². The molecule has 2 N–H and O–H groups in total. The highest BCUT2D eigenvalue weighted by Crippen LogP contribution is 2.23. The van der Waals surface area contributed by atoms with Crippen molar-refractivity contribution in [2.75, 3.05) is 5.32 Å². The number of nitro benzene ring substituents is 1. The first-order valence-electron chi connectivity index (χ1n) is 7.91. The van der Waals surface area contributed by atoms with Crippen molar-refractivity contribution in [3.63, 3.8) is 0 Å². The number of carbonyl (C=O) groups is 1. The highest BCUT2D eigenvalue weighted by molar-refractivity contribution is 5.91. The Balaban J connectivity index is 2.14. The maximum Gasteiger partial charge on any atom is 0.270 e. The van der Waals surface area contributed by atoms with Gasteiger partial charge in [0.25, 0.3) is 5.69 Å². The fraction of sp³-hybridized carbons (Fsp3) is 0.222. The van der Waals surface area contributed by atoms with Crippen molar-refractivity contribution < 1.29 is 14.8 Å². The van der Waals surface area contributed by atoms with E-state index in [1.54, 1.807) is 24.3 Å². The summed E-state index contributed by atoms with van der Waals surface area (Å²) in [5, 5.41) is 23.4. The SMILES string of the molecule is CCCCC(=O)Nc1cccc(N=Cc2cc([N+](=O)[O-])ccc2O)c1.